The fourth-order valence-electron chi connectivity index (χ4n) is 2.65. The second-order valence-electron chi connectivity index (χ2n) is 5.01. The van der Waals surface area contributed by atoms with Crippen LogP contribution in [-0.2, 0) is 20.7 Å². The van der Waals surface area contributed by atoms with E-state index in [9.17, 15) is 14.4 Å². The number of rotatable bonds is 3. The molecule has 0 unspecified atom stereocenters. The summed E-state index contributed by atoms with van der Waals surface area (Å²) in [5.74, 6) is -1.86. The molecule has 112 valence electrons. The van der Waals surface area contributed by atoms with Gasteiger partial charge in [-0.15, -0.1) is 0 Å². The van der Waals surface area contributed by atoms with Gasteiger partial charge in [0.2, 0.25) is 0 Å². The van der Waals surface area contributed by atoms with Crippen LogP contribution in [0.4, 0.5) is 0 Å². The van der Waals surface area contributed by atoms with Crippen molar-refractivity contribution >= 4 is 28.7 Å². The van der Waals surface area contributed by atoms with Crippen molar-refractivity contribution in [1.29, 1.82) is 0 Å². The lowest BCUT2D eigenvalue weighted by Crippen LogP contribution is -2.33. The van der Waals surface area contributed by atoms with Gasteiger partial charge in [0.1, 0.15) is 6.04 Å². The molecule has 0 aliphatic carbocycles. The molecule has 1 atom stereocenters. The van der Waals surface area contributed by atoms with Crippen LogP contribution in [0.3, 0.4) is 0 Å². The molecule has 0 radical (unpaired) electrons. The number of hydrogen-bond acceptors (Lipinski definition) is 6. The summed E-state index contributed by atoms with van der Waals surface area (Å²) >= 11 is 0. The number of ether oxygens (including phenoxy) is 2. The van der Waals surface area contributed by atoms with Gasteiger partial charge in [-0.3, -0.25) is 4.79 Å². The van der Waals surface area contributed by atoms with Crippen molar-refractivity contribution in [2.75, 3.05) is 7.11 Å². The molecule has 0 saturated heterocycles. The third kappa shape index (κ3) is 2.14. The molecule has 3 rings (SSSR count). The van der Waals surface area contributed by atoms with E-state index in [1.165, 1.54) is 7.11 Å². The van der Waals surface area contributed by atoms with Gasteiger partial charge < -0.3 is 15.2 Å². The normalized spacial score (nSPS) is 14.6. The molecule has 0 saturated carbocycles. The molecule has 22 heavy (non-hydrogen) atoms. The first-order chi connectivity index (χ1) is 10.5. The standard InChI is InChI=1S/C16H13NO5/c1-21-16(20)12(17)7-8-5-6-11-13-9(8)3-2-4-10(13)14(18)22-15(11)19/h2-6,12H,7,17H2,1H3/t12-/m0/s1. The Morgan fingerprint density at radius 1 is 1.18 bits per heavy atom. The Bertz CT molecular complexity index is 791. The molecular formula is C16H13NO5. The average molecular weight is 299 g/mol. The highest BCUT2D eigenvalue weighted by atomic mass is 16.6. The van der Waals surface area contributed by atoms with Gasteiger partial charge >= 0.3 is 17.9 Å². The fraction of sp³-hybridized carbons (Fsp3) is 0.188. The Kier molecular flexibility index (Phi) is 3.38. The maximum Gasteiger partial charge on any atom is 0.346 e. The quantitative estimate of drug-likeness (QED) is 0.675. The molecule has 2 aromatic rings. The minimum atomic E-state index is -0.812. The van der Waals surface area contributed by atoms with Crippen molar-refractivity contribution < 1.29 is 23.9 Å². The van der Waals surface area contributed by atoms with E-state index in [4.69, 9.17) is 10.5 Å². The molecule has 0 aromatic heterocycles. The lowest BCUT2D eigenvalue weighted by Gasteiger charge is -2.18. The van der Waals surface area contributed by atoms with Gasteiger partial charge in [-0.25, -0.2) is 9.59 Å². The zero-order valence-electron chi connectivity index (χ0n) is 11.8. The third-order valence-electron chi connectivity index (χ3n) is 3.70. The van der Waals surface area contributed by atoms with Gasteiger partial charge in [-0.05, 0) is 29.5 Å². The molecule has 1 aliphatic heterocycles. The minimum Gasteiger partial charge on any atom is -0.468 e. The lowest BCUT2D eigenvalue weighted by atomic mass is 9.91. The number of methoxy groups -OCH3 is 1. The monoisotopic (exact) mass is 299 g/mol. The molecule has 1 aliphatic rings. The molecule has 6 nitrogen and oxygen atoms in total. The summed E-state index contributed by atoms with van der Waals surface area (Å²) in [5.41, 5.74) is 7.23. The van der Waals surface area contributed by atoms with Crippen LogP contribution in [0.2, 0.25) is 0 Å². The number of carbonyl (C=O) groups is 3. The van der Waals surface area contributed by atoms with E-state index < -0.39 is 23.9 Å². The van der Waals surface area contributed by atoms with E-state index in [0.717, 1.165) is 5.56 Å². The number of carbonyl (C=O) groups excluding carboxylic acids is 3. The highest BCUT2D eigenvalue weighted by Crippen LogP contribution is 2.31. The minimum absolute atomic E-state index is 0.246. The molecule has 0 fully saturated rings. The van der Waals surface area contributed by atoms with Gasteiger partial charge in [-0.2, -0.15) is 0 Å². The van der Waals surface area contributed by atoms with Crippen molar-refractivity contribution in [3.05, 3.63) is 47.0 Å². The van der Waals surface area contributed by atoms with Crippen LogP contribution >= 0.6 is 0 Å². The van der Waals surface area contributed by atoms with Crippen molar-refractivity contribution in [1.82, 2.24) is 0 Å². The highest BCUT2D eigenvalue weighted by molar-refractivity contribution is 6.21. The molecular weight excluding hydrogens is 286 g/mol. The van der Waals surface area contributed by atoms with E-state index in [1.807, 2.05) is 0 Å². The Hall–Kier alpha value is -2.73. The second kappa shape index (κ2) is 5.23. The maximum absolute atomic E-state index is 11.8. The number of cyclic esters (lactones) is 2. The molecule has 6 heteroatoms. The van der Waals surface area contributed by atoms with Crippen LogP contribution in [0.15, 0.2) is 30.3 Å². The summed E-state index contributed by atoms with van der Waals surface area (Å²) in [4.78, 5) is 35.1. The summed E-state index contributed by atoms with van der Waals surface area (Å²) in [6.45, 7) is 0. The molecule has 2 N–H and O–H groups in total. The fourth-order valence-corrected chi connectivity index (χ4v) is 2.65. The summed E-state index contributed by atoms with van der Waals surface area (Å²) in [7, 11) is 1.27. The Morgan fingerprint density at radius 3 is 2.55 bits per heavy atom. The first kappa shape index (κ1) is 14.2. The first-order valence-electron chi connectivity index (χ1n) is 6.67. The molecule has 0 bridgehead atoms. The summed E-state index contributed by atoms with van der Waals surface area (Å²) in [6, 6.07) is 7.57. The van der Waals surface area contributed by atoms with Crippen LogP contribution in [0.5, 0.6) is 0 Å². The number of benzene rings is 2. The summed E-state index contributed by atoms with van der Waals surface area (Å²) in [6.07, 6.45) is 0.246. The SMILES string of the molecule is COC(=O)[C@@H](N)Cc1ccc2c3c(cccc13)C(=O)OC2=O. The van der Waals surface area contributed by atoms with E-state index in [2.05, 4.69) is 4.74 Å². The third-order valence-corrected chi connectivity index (χ3v) is 3.70. The van der Waals surface area contributed by atoms with Crippen LogP contribution in [-0.4, -0.2) is 31.1 Å². The van der Waals surface area contributed by atoms with Gasteiger partial charge in [0, 0.05) is 5.39 Å². The Labute approximate surface area is 125 Å². The number of esters is 3. The van der Waals surface area contributed by atoms with E-state index in [1.54, 1.807) is 30.3 Å². The van der Waals surface area contributed by atoms with E-state index in [0.29, 0.717) is 21.9 Å². The largest absolute Gasteiger partial charge is 0.468 e. The van der Waals surface area contributed by atoms with Crippen LogP contribution < -0.4 is 5.73 Å². The average Bonchev–Trinajstić information content (AvgIpc) is 2.52. The molecule has 1 heterocycles. The molecule has 2 aromatic carbocycles. The zero-order chi connectivity index (χ0) is 15.9. The zero-order valence-corrected chi connectivity index (χ0v) is 11.8. The van der Waals surface area contributed by atoms with Crippen molar-refractivity contribution in [3.8, 4) is 0 Å². The van der Waals surface area contributed by atoms with Crippen molar-refractivity contribution in [3.63, 3.8) is 0 Å². The first-order valence-corrected chi connectivity index (χ1v) is 6.67. The van der Waals surface area contributed by atoms with E-state index >= 15 is 0 Å². The Balaban J connectivity index is 2.16. The van der Waals surface area contributed by atoms with Crippen LogP contribution in [0, 0.1) is 0 Å². The van der Waals surface area contributed by atoms with Gasteiger partial charge in [0.05, 0.1) is 18.2 Å². The predicted molar refractivity (Wildman–Crippen MR) is 77.4 cm³/mol. The van der Waals surface area contributed by atoms with Crippen LogP contribution in [0.1, 0.15) is 26.3 Å². The molecule has 0 spiro atoms. The van der Waals surface area contributed by atoms with E-state index in [-0.39, 0.29) is 6.42 Å². The summed E-state index contributed by atoms with van der Waals surface area (Å²) in [5, 5.41) is 1.25. The van der Waals surface area contributed by atoms with Gasteiger partial charge in [0.15, 0.2) is 0 Å². The smallest absolute Gasteiger partial charge is 0.346 e. The predicted octanol–water partition coefficient (Wildman–Crippen LogP) is 1.19. The highest BCUT2D eigenvalue weighted by Gasteiger charge is 2.28. The van der Waals surface area contributed by atoms with Gasteiger partial charge in [0.25, 0.3) is 0 Å². The number of hydrogen-bond donors (Lipinski definition) is 1. The molecule has 0 amide bonds. The van der Waals surface area contributed by atoms with Crippen LogP contribution in [0.25, 0.3) is 10.8 Å². The lowest BCUT2D eigenvalue weighted by molar-refractivity contribution is -0.142. The van der Waals surface area contributed by atoms with Crippen molar-refractivity contribution in [2.45, 2.75) is 12.5 Å². The Morgan fingerprint density at radius 2 is 1.86 bits per heavy atom. The topological polar surface area (TPSA) is 95.7 Å². The van der Waals surface area contributed by atoms with Gasteiger partial charge in [-0.1, -0.05) is 18.2 Å². The number of nitrogens with two attached hydrogens (primary N) is 1. The maximum atomic E-state index is 11.8. The second-order valence-corrected chi connectivity index (χ2v) is 5.01. The van der Waals surface area contributed by atoms with Crippen molar-refractivity contribution in [2.24, 2.45) is 5.73 Å². The summed E-state index contributed by atoms with van der Waals surface area (Å²) < 4.78 is 9.32.